The van der Waals surface area contributed by atoms with Crippen molar-refractivity contribution in [2.45, 2.75) is 18.9 Å². The van der Waals surface area contributed by atoms with Crippen molar-refractivity contribution in [2.24, 2.45) is 0 Å². The number of benzene rings is 1. The van der Waals surface area contributed by atoms with E-state index >= 15 is 0 Å². The van der Waals surface area contributed by atoms with Gasteiger partial charge in [-0.25, -0.2) is 4.39 Å². The summed E-state index contributed by atoms with van der Waals surface area (Å²) >= 11 is 0. The Morgan fingerprint density at radius 3 is 2.80 bits per heavy atom. The first-order chi connectivity index (χ1) is 9.70. The Balaban J connectivity index is 1.91. The zero-order valence-electron chi connectivity index (χ0n) is 11.7. The van der Waals surface area contributed by atoms with Crippen molar-refractivity contribution in [1.82, 2.24) is 4.90 Å². The average molecular weight is 281 g/mol. The molecule has 2 rings (SSSR count). The molecule has 1 atom stereocenters. The monoisotopic (exact) mass is 281 g/mol. The molecule has 4 nitrogen and oxygen atoms in total. The number of likely N-dealkylation sites (tertiary alicyclic amines) is 1. The molecule has 0 aliphatic carbocycles. The Labute approximate surface area is 118 Å². The van der Waals surface area contributed by atoms with Gasteiger partial charge in [-0.2, -0.15) is 0 Å². The molecule has 1 heterocycles. The first-order valence-corrected chi connectivity index (χ1v) is 6.86. The van der Waals surface area contributed by atoms with Gasteiger partial charge < -0.3 is 14.4 Å². The number of rotatable bonds is 5. The summed E-state index contributed by atoms with van der Waals surface area (Å²) in [4.78, 5) is 14.1. The molecule has 1 aromatic carbocycles. The van der Waals surface area contributed by atoms with E-state index in [1.807, 2.05) is 0 Å². The number of carbonyl (C=O) groups excluding carboxylic acids is 1. The number of methoxy groups -OCH3 is 1. The molecule has 1 aromatic rings. The third-order valence-electron chi connectivity index (χ3n) is 3.40. The van der Waals surface area contributed by atoms with Gasteiger partial charge in [0.05, 0.1) is 19.3 Å². The van der Waals surface area contributed by atoms with Gasteiger partial charge in [-0.1, -0.05) is 0 Å². The van der Waals surface area contributed by atoms with E-state index < -0.39 is 0 Å². The number of ether oxygens (including phenoxy) is 2. The van der Waals surface area contributed by atoms with Crippen LogP contribution < -0.4 is 0 Å². The highest BCUT2D eigenvalue weighted by atomic mass is 19.1. The highest BCUT2D eigenvalue weighted by Crippen LogP contribution is 2.16. The topological polar surface area (TPSA) is 38.8 Å². The molecule has 0 N–H and O–H groups in total. The van der Waals surface area contributed by atoms with E-state index in [2.05, 4.69) is 0 Å². The lowest BCUT2D eigenvalue weighted by Gasteiger charge is -2.32. The standard InChI is InChI=1S/C15H20FNO3/c1-19-9-10-20-14-3-2-8-17(11-14)15(18)12-4-6-13(16)7-5-12/h4-7,14H,2-3,8-11H2,1H3. The van der Waals surface area contributed by atoms with Crippen LogP contribution in [0, 0.1) is 5.82 Å². The van der Waals surface area contributed by atoms with Crippen molar-refractivity contribution in [3.05, 3.63) is 35.6 Å². The maximum atomic E-state index is 12.9. The molecule has 0 saturated carbocycles. The molecule has 1 aliphatic rings. The average Bonchev–Trinajstić information content (AvgIpc) is 2.48. The van der Waals surface area contributed by atoms with Gasteiger partial charge in [0.1, 0.15) is 5.82 Å². The number of hydrogen-bond acceptors (Lipinski definition) is 3. The fraction of sp³-hybridized carbons (Fsp3) is 0.533. The van der Waals surface area contributed by atoms with Crippen LogP contribution in [0.3, 0.4) is 0 Å². The molecule has 0 radical (unpaired) electrons. The predicted molar refractivity (Wildman–Crippen MR) is 73.2 cm³/mol. The zero-order chi connectivity index (χ0) is 14.4. The highest BCUT2D eigenvalue weighted by Gasteiger charge is 2.24. The molecule has 1 aliphatic heterocycles. The van der Waals surface area contributed by atoms with Crippen molar-refractivity contribution in [3.8, 4) is 0 Å². The molecule has 0 spiro atoms. The van der Waals surface area contributed by atoms with Crippen molar-refractivity contribution in [1.29, 1.82) is 0 Å². The zero-order valence-corrected chi connectivity index (χ0v) is 11.7. The van der Waals surface area contributed by atoms with Crippen LogP contribution >= 0.6 is 0 Å². The Bertz CT molecular complexity index is 435. The van der Waals surface area contributed by atoms with Crippen LogP contribution in [0.5, 0.6) is 0 Å². The van der Waals surface area contributed by atoms with Crippen molar-refractivity contribution in [3.63, 3.8) is 0 Å². The number of halogens is 1. The van der Waals surface area contributed by atoms with Crippen LogP contribution in [0.1, 0.15) is 23.2 Å². The summed E-state index contributed by atoms with van der Waals surface area (Å²) < 4.78 is 23.5. The van der Waals surface area contributed by atoms with Gasteiger partial charge in [0.2, 0.25) is 0 Å². The molecule has 0 bridgehead atoms. The number of piperidine rings is 1. The van der Waals surface area contributed by atoms with E-state index in [1.165, 1.54) is 24.3 Å². The summed E-state index contributed by atoms with van der Waals surface area (Å²) in [5.41, 5.74) is 0.518. The summed E-state index contributed by atoms with van der Waals surface area (Å²) in [6, 6.07) is 5.66. The minimum Gasteiger partial charge on any atom is -0.382 e. The minimum absolute atomic E-state index is 0.0586. The van der Waals surface area contributed by atoms with Crippen LogP contribution in [0.25, 0.3) is 0 Å². The van der Waals surface area contributed by atoms with Gasteiger partial charge in [-0.15, -0.1) is 0 Å². The fourth-order valence-corrected chi connectivity index (χ4v) is 2.33. The quantitative estimate of drug-likeness (QED) is 0.776. The summed E-state index contributed by atoms with van der Waals surface area (Å²) in [7, 11) is 1.63. The third kappa shape index (κ3) is 4.02. The molecule has 1 saturated heterocycles. The van der Waals surface area contributed by atoms with Crippen LogP contribution in [0.15, 0.2) is 24.3 Å². The number of amides is 1. The van der Waals surface area contributed by atoms with E-state index in [4.69, 9.17) is 9.47 Å². The molecule has 110 valence electrons. The van der Waals surface area contributed by atoms with Gasteiger partial charge in [-0.3, -0.25) is 4.79 Å². The van der Waals surface area contributed by atoms with Gasteiger partial charge in [0.15, 0.2) is 0 Å². The van der Waals surface area contributed by atoms with Crippen molar-refractivity contribution >= 4 is 5.91 Å². The molecular weight excluding hydrogens is 261 g/mol. The van der Waals surface area contributed by atoms with Crippen LogP contribution in [-0.2, 0) is 9.47 Å². The fourth-order valence-electron chi connectivity index (χ4n) is 2.33. The van der Waals surface area contributed by atoms with Crippen LogP contribution in [-0.4, -0.2) is 50.3 Å². The van der Waals surface area contributed by atoms with Crippen molar-refractivity contribution in [2.75, 3.05) is 33.4 Å². The first kappa shape index (κ1) is 14.9. The van der Waals surface area contributed by atoms with E-state index in [0.717, 1.165) is 19.4 Å². The number of hydrogen-bond donors (Lipinski definition) is 0. The summed E-state index contributed by atoms with van der Waals surface area (Å²) in [5.74, 6) is -0.397. The molecule has 1 fully saturated rings. The maximum absolute atomic E-state index is 12.9. The Kier molecular flexibility index (Phi) is 5.49. The third-order valence-corrected chi connectivity index (χ3v) is 3.40. The molecule has 5 heteroatoms. The molecule has 1 amide bonds. The lowest BCUT2D eigenvalue weighted by atomic mass is 10.1. The van der Waals surface area contributed by atoms with Gasteiger partial charge >= 0.3 is 0 Å². The Hall–Kier alpha value is -1.46. The van der Waals surface area contributed by atoms with E-state index in [1.54, 1.807) is 12.0 Å². The smallest absolute Gasteiger partial charge is 0.253 e. The van der Waals surface area contributed by atoms with E-state index in [-0.39, 0.29) is 17.8 Å². The highest BCUT2D eigenvalue weighted by molar-refractivity contribution is 5.94. The SMILES string of the molecule is COCCOC1CCCN(C(=O)c2ccc(F)cc2)C1. The second-order valence-corrected chi connectivity index (χ2v) is 4.89. The van der Waals surface area contributed by atoms with Gasteiger partial charge in [0, 0.05) is 25.8 Å². The summed E-state index contributed by atoms with van der Waals surface area (Å²) in [5, 5.41) is 0. The normalized spacial score (nSPS) is 19.1. The van der Waals surface area contributed by atoms with Crippen LogP contribution in [0.2, 0.25) is 0 Å². The van der Waals surface area contributed by atoms with Crippen molar-refractivity contribution < 1.29 is 18.7 Å². The van der Waals surface area contributed by atoms with Gasteiger partial charge in [0.25, 0.3) is 5.91 Å². The summed E-state index contributed by atoms with van der Waals surface area (Å²) in [6.45, 7) is 2.41. The Morgan fingerprint density at radius 2 is 2.10 bits per heavy atom. The minimum atomic E-state index is -0.332. The first-order valence-electron chi connectivity index (χ1n) is 6.86. The lowest BCUT2D eigenvalue weighted by Crippen LogP contribution is -2.43. The molecule has 20 heavy (non-hydrogen) atoms. The number of carbonyl (C=O) groups is 1. The summed E-state index contributed by atoms with van der Waals surface area (Å²) in [6.07, 6.45) is 1.94. The van der Waals surface area contributed by atoms with E-state index in [0.29, 0.717) is 25.3 Å². The predicted octanol–water partition coefficient (Wildman–Crippen LogP) is 2.09. The molecule has 1 unspecified atom stereocenters. The Morgan fingerprint density at radius 1 is 1.35 bits per heavy atom. The second kappa shape index (κ2) is 7.36. The number of nitrogens with zero attached hydrogens (tertiary/aromatic N) is 1. The van der Waals surface area contributed by atoms with E-state index in [9.17, 15) is 9.18 Å². The maximum Gasteiger partial charge on any atom is 0.253 e. The lowest BCUT2D eigenvalue weighted by molar-refractivity contribution is -0.0171. The molecular formula is C15H20FNO3. The largest absolute Gasteiger partial charge is 0.382 e. The van der Waals surface area contributed by atoms with Gasteiger partial charge in [-0.05, 0) is 37.1 Å². The second-order valence-electron chi connectivity index (χ2n) is 4.89. The molecule has 0 aromatic heterocycles. The van der Waals surface area contributed by atoms with Crippen LogP contribution in [0.4, 0.5) is 4.39 Å².